The van der Waals surface area contributed by atoms with E-state index in [9.17, 15) is 4.79 Å². The molecule has 0 bridgehead atoms. The van der Waals surface area contributed by atoms with Crippen molar-refractivity contribution in [3.63, 3.8) is 0 Å². The van der Waals surface area contributed by atoms with Gasteiger partial charge in [0.1, 0.15) is 5.65 Å². The van der Waals surface area contributed by atoms with E-state index in [1.165, 1.54) is 0 Å². The number of amides is 1. The molecule has 114 valence electrons. The number of nitrogens with one attached hydrogen (secondary N) is 2. The molecule has 1 atom stereocenters. The number of fused-ring (bicyclic) bond motifs is 1. The molecule has 0 aliphatic carbocycles. The third kappa shape index (κ3) is 3.80. The molecule has 0 radical (unpaired) electrons. The molecule has 6 nitrogen and oxygen atoms in total. The molecule has 2 rings (SSSR count). The van der Waals surface area contributed by atoms with Crippen molar-refractivity contribution in [2.24, 2.45) is 0 Å². The quantitative estimate of drug-likeness (QED) is 0.743. The number of pyridine rings is 1. The number of ether oxygens (including phenoxy) is 1. The van der Waals surface area contributed by atoms with Gasteiger partial charge in [-0.25, -0.2) is 4.98 Å². The number of rotatable bonds is 7. The van der Waals surface area contributed by atoms with Crippen LogP contribution in [0.2, 0.25) is 0 Å². The molecule has 1 unspecified atom stereocenters. The summed E-state index contributed by atoms with van der Waals surface area (Å²) in [6.07, 6.45) is 1.98. The van der Waals surface area contributed by atoms with Crippen molar-refractivity contribution in [1.29, 1.82) is 0 Å². The maximum Gasteiger partial charge on any atom is 0.236 e. The molecule has 2 heterocycles. The number of hydrogen-bond donors (Lipinski definition) is 2. The van der Waals surface area contributed by atoms with Gasteiger partial charge in [0, 0.05) is 26.4 Å². The fourth-order valence-electron chi connectivity index (χ4n) is 2.15. The van der Waals surface area contributed by atoms with Gasteiger partial charge in [0.2, 0.25) is 5.91 Å². The van der Waals surface area contributed by atoms with Crippen LogP contribution < -0.4 is 10.6 Å². The lowest BCUT2D eigenvalue weighted by Gasteiger charge is -2.14. The van der Waals surface area contributed by atoms with E-state index in [2.05, 4.69) is 15.6 Å². The summed E-state index contributed by atoms with van der Waals surface area (Å²) in [6, 6.07) is 5.64. The molecule has 0 aromatic carbocycles. The molecule has 0 aliphatic heterocycles. The fourth-order valence-corrected chi connectivity index (χ4v) is 2.15. The smallest absolute Gasteiger partial charge is 0.236 e. The summed E-state index contributed by atoms with van der Waals surface area (Å²) in [4.78, 5) is 16.4. The molecule has 2 aromatic rings. The second-order valence-electron chi connectivity index (χ2n) is 4.96. The Kier molecular flexibility index (Phi) is 5.30. The third-order valence-corrected chi connectivity index (χ3v) is 3.40. The first-order valence-corrected chi connectivity index (χ1v) is 7.06. The fraction of sp³-hybridized carbons (Fsp3) is 0.467. The SMILES string of the molecule is COCCNC(=O)C(C)NCc1c(C)nc2ccccn12. The lowest BCUT2D eigenvalue weighted by atomic mass is 10.2. The average Bonchev–Trinajstić information content (AvgIpc) is 2.80. The van der Waals surface area contributed by atoms with Crippen LogP contribution in [0, 0.1) is 6.92 Å². The molecule has 2 aromatic heterocycles. The van der Waals surface area contributed by atoms with Gasteiger partial charge >= 0.3 is 0 Å². The van der Waals surface area contributed by atoms with Crippen LogP contribution in [-0.4, -0.2) is 41.6 Å². The van der Waals surface area contributed by atoms with E-state index < -0.39 is 0 Å². The first kappa shape index (κ1) is 15.5. The molecule has 2 N–H and O–H groups in total. The summed E-state index contributed by atoms with van der Waals surface area (Å²) in [5, 5.41) is 6.05. The molecular formula is C15H22N4O2. The van der Waals surface area contributed by atoms with Crippen LogP contribution in [0.3, 0.4) is 0 Å². The van der Waals surface area contributed by atoms with Gasteiger partial charge in [-0.05, 0) is 26.0 Å². The molecule has 6 heteroatoms. The lowest BCUT2D eigenvalue weighted by molar-refractivity contribution is -0.123. The van der Waals surface area contributed by atoms with E-state index in [1.54, 1.807) is 7.11 Å². The summed E-state index contributed by atoms with van der Waals surface area (Å²) in [5.74, 6) is -0.0291. The monoisotopic (exact) mass is 290 g/mol. The summed E-state index contributed by atoms with van der Waals surface area (Å²) >= 11 is 0. The Morgan fingerprint density at radius 3 is 3.05 bits per heavy atom. The zero-order valence-corrected chi connectivity index (χ0v) is 12.7. The normalized spacial score (nSPS) is 12.5. The Labute approximate surface area is 124 Å². The highest BCUT2D eigenvalue weighted by Crippen LogP contribution is 2.11. The van der Waals surface area contributed by atoms with Crippen molar-refractivity contribution in [2.75, 3.05) is 20.3 Å². The number of imidazole rings is 1. The van der Waals surface area contributed by atoms with Crippen molar-refractivity contribution in [3.05, 3.63) is 35.8 Å². The van der Waals surface area contributed by atoms with Crippen LogP contribution >= 0.6 is 0 Å². The van der Waals surface area contributed by atoms with Crippen LogP contribution in [0.25, 0.3) is 5.65 Å². The highest BCUT2D eigenvalue weighted by Gasteiger charge is 2.14. The minimum absolute atomic E-state index is 0.0291. The minimum atomic E-state index is -0.268. The number of aryl methyl sites for hydroxylation is 1. The van der Waals surface area contributed by atoms with Gasteiger partial charge in [-0.1, -0.05) is 6.07 Å². The molecule has 1 amide bonds. The molecule has 0 aliphatic rings. The standard InChI is InChI=1S/C15H22N4O2/c1-11-13(19-8-5-4-6-14(19)18-11)10-17-12(2)15(20)16-7-9-21-3/h4-6,8,12,17H,7,9-10H2,1-3H3,(H,16,20). The van der Waals surface area contributed by atoms with E-state index in [0.29, 0.717) is 19.7 Å². The largest absolute Gasteiger partial charge is 0.383 e. The number of carbonyl (C=O) groups excluding carboxylic acids is 1. The third-order valence-electron chi connectivity index (χ3n) is 3.40. The van der Waals surface area contributed by atoms with Crippen LogP contribution in [0.15, 0.2) is 24.4 Å². The van der Waals surface area contributed by atoms with Crippen LogP contribution in [-0.2, 0) is 16.1 Å². The molecule has 0 saturated heterocycles. The van der Waals surface area contributed by atoms with Crippen molar-refractivity contribution in [2.45, 2.75) is 26.4 Å². The van der Waals surface area contributed by atoms with Crippen molar-refractivity contribution < 1.29 is 9.53 Å². The Hall–Kier alpha value is -1.92. The lowest BCUT2D eigenvalue weighted by Crippen LogP contribution is -2.43. The van der Waals surface area contributed by atoms with E-state index in [0.717, 1.165) is 17.0 Å². The summed E-state index contributed by atoms with van der Waals surface area (Å²) < 4.78 is 6.95. The predicted octanol–water partition coefficient (Wildman–Crippen LogP) is 0.883. The van der Waals surface area contributed by atoms with E-state index in [4.69, 9.17) is 4.74 Å². The van der Waals surface area contributed by atoms with Gasteiger partial charge < -0.3 is 19.8 Å². The van der Waals surface area contributed by atoms with E-state index in [1.807, 2.05) is 42.6 Å². The second kappa shape index (κ2) is 7.19. The highest BCUT2D eigenvalue weighted by molar-refractivity contribution is 5.81. The topological polar surface area (TPSA) is 67.7 Å². The van der Waals surface area contributed by atoms with Gasteiger partial charge in [0.25, 0.3) is 0 Å². The summed E-state index contributed by atoms with van der Waals surface area (Å²) in [5.41, 5.74) is 2.96. The first-order valence-electron chi connectivity index (χ1n) is 7.06. The molecule has 0 fully saturated rings. The van der Waals surface area contributed by atoms with Gasteiger partial charge in [0.05, 0.1) is 24.0 Å². The predicted molar refractivity (Wildman–Crippen MR) is 81.1 cm³/mol. The molecule has 0 spiro atoms. The van der Waals surface area contributed by atoms with Gasteiger partial charge in [0.15, 0.2) is 0 Å². The Balaban J connectivity index is 1.95. The Bertz CT molecular complexity index is 609. The van der Waals surface area contributed by atoms with Gasteiger partial charge in [-0.2, -0.15) is 0 Å². The number of carbonyl (C=O) groups is 1. The van der Waals surface area contributed by atoms with Crippen LogP contribution in [0.1, 0.15) is 18.3 Å². The van der Waals surface area contributed by atoms with E-state index in [-0.39, 0.29) is 11.9 Å². The van der Waals surface area contributed by atoms with Crippen LogP contribution in [0.5, 0.6) is 0 Å². The molecule has 21 heavy (non-hydrogen) atoms. The zero-order chi connectivity index (χ0) is 15.2. The molecule has 0 saturated carbocycles. The first-order chi connectivity index (χ1) is 10.1. The van der Waals surface area contributed by atoms with E-state index >= 15 is 0 Å². The van der Waals surface area contributed by atoms with Gasteiger partial charge in [-0.3, -0.25) is 4.79 Å². The molecular weight excluding hydrogens is 268 g/mol. The second-order valence-corrected chi connectivity index (χ2v) is 4.96. The van der Waals surface area contributed by atoms with Crippen molar-refractivity contribution in [3.8, 4) is 0 Å². The number of nitrogens with zero attached hydrogens (tertiary/aromatic N) is 2. The van der Waals surface area contributed by atoms with Crippen molar-refractivity contribution in [1.82, 2.24) is 20.0 Å². The van der Waals surface area contributed by atoms with Crippen LogP contribution in [0.4, 0.5) is 0 Å². The minimum Gasteiger partial charge on any atom is -0.383 e. The Morgan fingerprint density at radius 2 is 2.29 bits per heavy atom. The highest BCUT2D eigenvalue weighted by atomic mass is 16.5. The maximum absolute atomic E-state index is 11.9. The summed E-state index contributed by atoms with van der Waals surface area (Å²) in [6.45, 7) is 5.46. The average molecular weight is 290 g/mol. The van der Waals surface area contributed by atoms with Gasteiger partial charge in [-0.15, -0.1) is 0 Å². The summed E-state index contributed by atoms with van der Waals surface area (Å²) in [7, 11) is 1.61. The maximum atomic E-state index is 11.9. The number of methoxy groups -OCH3 is 1. The number of aromatic nitrogens is 2. The van der Waals surface area contributed by atoms with Crippen molar-refractivity contribution >= 4 is 11.6 Å². The Morgan fingerprint density at radius 1 is 1.48 bits per heavy atom. The number of hydrogen-bond acceptors (Lipinski definition) is 4. The zero-order valence-electron chi connectivity index (χ0n) is 12.7.